The first-order chi connectivity index (χ1) is 11.7. The fourth-order valence-electron chi connectivity index (χ4n) is 3.05. The average Bonchev–Trinajstić information content (AvgIpc) is 3.31. The normalized spacial score (nSPS) is 13.0. The molecule has 0 saturated carbocycles. The maximum Gasteiger partial charge on any atom is 0.433 e. The minimum absolute atomic E-state index is 0.198. The summed E-state index contributed by atoms with van der Waals surface area (Å²) in [5.74, 6) is -0.183. The number of nitro groups is 1. The Morgan fingerprint density at radius 1 is 1.21 bits per heavy atom. The number of hydrogen-bond acceptors (Lipinski definition) is 5. The molecule has 0 unspecified atom stereocenters. The summed E-state index contributed by atoms with van der Waals surface area (Å²) in [5.41, 5.74) is 4.11. The predicted octanol–water partition coefficient (Wildman–Crippen LogP) is 3.34. The van der Waals surface area contributed by atoms with Gasteiger partial charge >= 0.3 is 5.88 Å². The van der Waals surface area contributed by atoms with Crippen molar-refractivity contribution in [2.24, 2.45) is 0 Å². The third kappa shape index (κ3) is 2.30. The number of nitrogens with zero attached hydrogens (tertiary/aromatic N) is 3. The minimum atomic E-state index is -0.623. The molecule has 2 aromatic heterocycles. The lowest BCUT2D eigenvalue weighted by Gasteiger charge is -2.04. The van der Waals surface area contributed by atoms with Crippen LogP contribution >= 0.6 is 0 Å². The zero-order valence-corrected chi connectivity index (χ0v) is 12.6. The molecule has 0 saturated heterocycles. The molecule has 1 aliphatic carbocycles. The summed E-state index contributed by atoms with van der Waals surface area (Å²) in [7, 11) is 0. The second-order valence-electron chi connectivity index (χ2n) is 5.70. The van der Waals surface area contributed by atoms with Gasteiger partial charge in [0.25, 0.3) is 0 Å². The molecule has 0 aliphatic heterocycles. The zero-order chi connectivity index (χ0) is 16.7. The highest BCUT2D eigenvalue weighted by Gasteiger charge is 2.20. The van der Waals surface area contributed by atoms with Crippen LogP contribution in [0.15, 0.2) is 40.9 Å². The number of rotatable bonds is 4. The van der Waals surface area contributed by atoms with Crippen molar-refractivity contribution in [2.45, 2.75) is 19.3 Å². The van der Waals surface area contributed by atoms with Gasteiger partial charge in [-0.1, -0.05) is 6.07 Å². The molecule has 0 fully saturated rings. The van der Waals surface area contributed by atoms with E-state index in [1.807, 2.05) is 6.07 Å². The van der Waals surface area contributed by atoms with Crippen molar-refractivity contribution < 1.29 is 14.1 Å². The van der Waals surface area contributed by atoms with E-state index in [1.165, 1.54) is 23.3 Å². The standard InChI is InChI=1S/C17H13N3O4/c21-10-13-9-19(14-5-4-11-2-1-3-12(11)8-14)18-17(13)15-6-7-16(24-15)20(22)23/h4-10H,1-3H2. The smallest absolute Gasteiger partial charge is 0.399 e. The van der Waals surface area contributed by atoms with Gasteiger partial charge in [-0.05, 0) is 48.6 Å². The van der Waals surface area contributed by atoms with Crippen LogP contribution in [0.4, 0.5) is 5.88 Å². The number of hydrogen-bond donors (Lipinski definition) is 0. The van der Waals surface area contributed by atoms with Crippen LogP contribution < -0.4 is 0 Å². The van der Waals surface area contributed by atoms with E-state index in [-0.39, 0.29) is 11.6 Å². The number of benzene rings is 1. The molecule has 0 spiro atoms. The van der Waals surface area contributed by atoms with Crippen molar-refractivity contribution in [3.8, 4) is 17.1 Å². The van der Waals surface area contributed by atoms with Gasteiger partial charge in [0.15, 0.2) is 12.0 Å². The lowest BCUT2D eigenvalue weighted by atomic mass is 10.1. The van der Waals surface area contributed by atoms with Gasteiger partial charge in [0, 0.05) is 6.20 Å². The summed E-state index contributed by atoms with van der Waals surface area (Å²) in [4.78, 5) is 21.5. The first kappa shape index (κ1) is 14.4. The van der Waals surface area contributed by atoms with Crippen LogP contribution in [0.1, 0.15) is 27.9 Å². The third-order valence-electron chi connectivity index (χ3n) is 4.22. The predicted molar refractivity (Wildman–Crippen MR) is 85.3 cm³/mol. The van der Waals surface area contributed by atoms with E-state index in [0.29, 0.717) is 17.5 Å². The molecule has 0 bridgehead atoms. The summed E-state index contributed by atoms with van der Waals surface area (Å²) in [5, 5.41) is 15.1. The molecule has 24 heavy (non-hydrogen) atoms. The molecule has 2 heterocycles. The largest absolute Gasteiger partial charge is 0.433 e. The number of fused-ring (bicyclic) bond motifs is 1. The Hall–Kier alpha value is -3.22. The molecular weight excluding hydrogens is 310 g/mol. The summed E-state index contributed by atoms with van der Waals surface area (Å²) < 4.78 is 6.77. The number of carbonyl (C=O) groups excluding carboxylic acids is 1. The van der Waals surface area contributed by atoms with Gasteiger partial charge < -0.3 is 4.42 Å². The van der Waals surface area contributed by atoms with Crippen LogP contribution in [0.25, 0.3) is 17.1 Å². The molecule has 3 aromatic rings. The van der Waals surface area contributed by atoms with Crippen LogP contribution in [-0.4, -0.2) is 21.0 Å². The van der Waals surface area contributed by atoms with Crippen LogP contribution in [0.5, 0.6) is 0 Å². The highest BCUT2D eigenvalue weighted by molar-refractivity contribution is 5.84. The van der Waals surface area contributed by atoms with Gasteiger partial charge in [0.05, 0.1) is 17.3 Å². The van der Waals surface area contributed by atoms with Crippen LogP contribution in [0.3, 0.4) is 0 Å². The fourth-order valence-corrected chi connectivity index (χ4v) is 3.05. The number of aryl methyl sites for hydroxylation is 2. The van der Waals surface area contributed by atoms with E-state index in [2.05, 4.69) is 17.2 Å². The SMILES string of the molecule is O=Cc1cn(-c2ccc3c(c2)CCC3)nc1-c1ccc([N+](=O)[O-])o1. The van der Waals surface area contributed by atoms with E-state index < -0.39 is 4.92 Å². The Labute approximate surface area is 136 Å². The number of furan rings is 1. The van der Waals surface area contributed by atoms with Crippen molar-refractivity contribution in [3.63, 3.8) is 0 Å². The summed E-state index contributed by atoms with van der Waals surface area (Å²) >= 11 is 0. The molecular formula is C17H13N3O4. The van der Waals surface area contributed by atoms with Crippen LogP contribution in [-0.2, 0) is 12.8 Å². The van der Waals surface area contributed by atoms with E-state index in [9.17, 15) is 14.9 Å². The molecule has 0 radical (unpaired) electrons. The Kier molecular flexibility index (Phi) is 3.26. The molecule has 4 rings (SSSR count). The highest BCUT2D eigenvalue weighted by Crippen LogP contribution is 2.29. The molecule has 1 aliphatic rings. The Bertz CT molecular complexity index is 955. The van der Waals surface area contributed by atoms with Gasteiger partial charge in [-0.2, -0.15) is 5.10 Å². The van der Waals surface area contributed by atoms with Gasteiger partial charge in [0.2, 0.25) is 0 Å². The van der Waals surface area contributed by atoms with Gasteiger partial charge in [-0.3, -0.25) is 14.9 Å². The lowest BCUT2D eigenvalue weighted by Crippen LogP contribution is -1.96. The summed E-state index contributed by atoms with van der Waals surface area (Å²) in [6.45, 7) is 0. The minimum Gasteiger partial charge on any atom is -0.399 e. The zero-order valence-electron chi connectivity index (χ0n) is 12.6. The number of aldehydes is 1. The quantitative estimate of drug-likeness (QED) is 0.417. The van der Waals surface area contributed by atoms with E-state index in [4.69, 9.17) is 4.42 Å². The Morgan fingerprint density at radius 2 is 2.04 bits per heavy atom. The van der Waals surface area contributed by atoms with E-state index in [1.54, 1.807) is 10.9 Å². The maximum atomic E-state index is 11.3. The summed E-state index contributed by atoms with van der Waals surface area (Å²) in [6.07, 6.45) is 5.56. The Balaban J connectivity index is 1.77. The number of aromatic nitrogens is 2. The van der Waals surface area contributed by atoms with Crippen molar-refractivity contribution in [1.29, 1.82) is 0 Å². The Morgan fingerprint density at radius 3 is 2.79 bits per heavy atom. The van der Waals surface area contributed by atoms with Gasteiger partial charge in [0.1, 0.15) is 10.6 Å². The molecule has 0 atom stereocenters. The molecule has 7 heteroatoms. The molecule has 0 N–H and O–H groups in total. The fraction of sp³-hybridized carbons (Fsp3) is 0.176. The first-order valence-corrected chi connectivity index (χ1v) is 7.57. The van der Waals surface area contributed by atoms with E-state index >= 15 is 0 Å². The van der Waals surface area contributed by atoms with Crippen molar-refractivity contribution in [1.82, 2.24) is 9.78 Å². The monoisotopic (exact) mass is 323 g/mol. The summed E-state index contributed by atoms with van der Waals surface area (Å²) in [6, 6.07) is 8.80. The topological polar surface area (TPSA) is 91.2 Å². The van der Waals surface area contributed by atoms with Crippen molar-refractivity contribution in [3.05, 3.63) is 63.3 Å². The van der Waals surface area contributed by atoms with Crippen LogP contribution in [0, 0.1) is 10.1 Å². The molecule has 1 aromatic carbocycles. The highest BCUT2D eigenvalue weighted by atomic mass is 16.6. The third-order valence-corrected chi connectivity index (χ3v) is 4.22. The average molecular weight is 323 g/mol. The second-order valence-corrected chi connectivity index (χ2v) is 5.70. The van der Waals surface area contributed by atoms with Crippen LogP contribution in [0.2, 0.25) is 0 Å². The molecule has 0 amide bonds. The van der Waals surface area contributed by atoms with Crippen molar-refractivity contribution >= 4 is 12.2 Å². The molecule has 120 valence electrons. The lowest BCUT2D eigenvalue weighted by molar-refractivity contribution is -0.401. The first-order valence-electron chi connectivity index (χ1n) is 7.57. The van der Waals surface area contributed by atoms with Gasteiger partial charge in [-0.15, -0.1) is 0 Å². The van der Waals surface area contributed by atoms with Crippen molar-refractivity contribution in [2.75, 3.05) is 0 Å². The maximum absolute atomic E-state index is 11.3. The molecule has 7 nitrogen and oxygen atoms in total. The van der Waals surface area contributed by atoms with E-state index in [0.717, 1.165) is 24.9 Å². The second kappa shape index (κ2) is 5.45. The number of carbonyl (C=O) groups is 1. The van der Waals surface area contributed by atoms with Gasteiger partial charge in [-0.25, -0.2) is 4.68 Å².